The molecule has 1 aliphatic rings. The van der Waals surface area contributed by atoms with E-state index in [-0.39, 0.29) is 5.69 Å². The van der Waals surface area contributed by atoms with Crippen LogP contribution in [0.3, 0.4) is 0 Å². The molecule has 0 spiro atoms. The maximum absolute atomic E-state index is 13.0. The lowest BCUT2D eigenvalue weighted by Crippen LogP contribution is -2.43. The molecule has 0 bridgehead atoms. The van der Waals surface area contributed by atoms with Crippen molar-refractivity contribution in [2.75, 3.05) is 18.0 Å². The summed E-state index contributed by atoms with van der Waals surface area (Å²) in [5.41, 5.74) is -1.23. The lowest BCUT2D eigenvalue weighted by molar-refractivity contribution is -0.137. The Morgan fingerprint density at radius 2 is 1.84 bits per heavy atom. The molecule has 0 amide bonds. The monoisotopic (exact) mass is 337 g/mol. The van der Waals surface area contributed by atoms with Gasteiger partial charge in [0, 0.05) is 17.6 Å². The second kappa shape index (κ2) is 4.98. The van der Waals surface area contributed by atoms with Gasteiger partial charge in [-0.05, 0) is 38.0 Å². The summed E-state index contributed by atoms with van der Waals surface area (Å²) in [6, 6.07) is 3.97. The maximum Gasteiger partial charge on any atom is 0.418 e. The minimum Gasteiger partial charge on any atom is -0.390 e. The van der Waals surface area contributed by atoms with E-state index in [1.807, 2.05) is 0 Å². The number of anilines is 1. The van der Waals surface area contributed by atoms with Crippen molar-refractivity contribution in [1.29, 1.82) is 0 Å². The van der Waals surface area contributed by atoms with Crippen LogP contribution in [0.1, 0.15) is 25.3 Å². The Morgan fingerprint density at radius 1 is 1.26 bits per heavy atom. The highest BCUT2D eigenvalue weighted by Crippen LogP contribution is 2.39. The molecule has 0 aromatic heterocycles. The van der Waals surface area contributed by atoms with Gasteiger partial charge in [-0.2, -0.15) is 13.2 Å². The average Bonchev–Trinajstić information content (AvgIpc) is 2.27. The largest absolute Gasteiger partial charge is 0.418 e. The van der Waals surface area contributed by atoms with Gasteiger partial charge in [-0.3, -0.25) is 0 Å². The van der Waals surface area contributed by atoms with E-state index in [1.54, 1.807) is 11.8 Å². The fourth-order valence-corrected chi connectivity index (χ4v) is 2.58. The second-order valence-electron chi connectivity index (χ2n) is 5.14. The summed E-state index contributed by atoms with van der Waals surface area (Å²) in [6.45, 7) is 2.56. The standard InChI is InChI=1S/C13H15BrF3NO/c1-12(19)4-6-18(7-5-12)11-8-9(14)2-3-10(11)13(15,16)17/h2-3,8,19H,4-7H2,1H3. The van der Waals surface area contributed by atoms with Gasteiger partial charge in [-0.15, -0.1) is 0 Å². The highest BCUT2D eigenvalue weighted by atomic mass is 79.9. The molecule has 1 aliphatic heterocycles. The predicted octanol–water partition coefficient (Wildman–Crippen LogP) is 3.82. The quantitative estimate of drug-likeness (QED) is 0.842. The van der Waals surface area contributed by atoms with E-state index >= 15 is 0 Å². The first kappa shape index (κ1) is 14.7. The van der Waals surface area contributed by atoms with Gasteiger partial charge in [0.05, 0.1) is 16.9 Å². The summed E-state index contributed by atoms with van der Waals surface area (Å²) in [7, 11) is 0. The van der Waals surface area contributed by atoms with Gasteiger partial charge in [-0.1, -0.05) is 15.9 Å². The smallest absolute Gasteiger partial charge is 0.390 e. The Hall–Kier alpha value is -0.750. The van der Waals surface area contributed by atoms with E-state index in [9.17, 15) is 18.3 Å². The first-order chi connectivity index (χ1) is 8.69. The first-order valence-electron chi connectivity index (χ1n) is 6.03. The van der Waals surface area contributed by atoms with Crippen molar-refractivity contribution >= 4 is 21.6 Å². The van der Waals surface area contributed by atoms with Gasteiger partial charge < -0.3 is 10.0 Å². The molecule has 0 unspecified atom stereocenters. The van der Waals surface area contributed by atoms with Crippen LogP contribution in [0, 0.1) is 0 Å². The third-order valence-electron chi connectivity index (χ3n) is 3.45. The van der Waals surface area contributed by atoms with Crippen LogP contribution in [-0.4, -0.2) is 23.8 Å². The number of hydrogen-bond donors (Lipinski definition) is 1. The molecule has 0 aliphatic carbocycles. The fourth-order valence-electron chi connectivity index (χ4n) is 2.24. The van der Waals surface area contributed by atoms with Crippen molar-refractivity contribution in [3.8, 4) is 0 Å². The molecule has 1 aromatic carbocycles. The number of aliphatic hydroxyl groups is 1. The number of nitrogens with zero attached hydrogens (tertiary/aromatic N) is 1. The predicted molar refractivity (Wildman–Crippen MR) is 71.2 cm³/mol. The Bertz CT molecular complexity index is 463. The van der Waals surface area contributed by atoms with Crippen molar-refractivity contribution in [2.24, 2.45) is 0 Å². The van der Waals surface area contributed by atoms with Gasteiger partial charge in [-0.25, -0.2) is 0 Å². The molecule has 1 heterocycles. The molecule has 1 aromatic rings. The molecule has 0 radical (unpaired) electrons. The zero-order chi connectivity index (χ0) is 14.3. The van der Waals surface area contributed by atoms with Crippen molar-refractivity contribution in [1.82, 2.24) is 0 Å². The highest BCUT2D eigenvalue weighted by Gasteiger charge is 2.36. The van der Waals surface area contributed by atoms with E-state index in [2.05, 4.69) is 15.9 Å². The Labute approximate surface area is 118 Å². The molecule has 1 fully saturated rings. The number of benzene rings is 1. The first-order valence-corrected chi connectivity index (χ1v) is 6.82. The second-order valence-corrected chi connectivity index (χ2v) is 6.06. The molecule has 6 heteroatoms. The highest BCUT2D eigenvalue weighted by molar-refractivity contribution is 9.10. The molecule has 0 atom stereocenters. The van der Waals surface area contributed by atoms with Crippen LogP contribution in [0.15, 0.2) is 22.7 Å². The summed E-state index contributed by atoms with van der Waals surface area (Å²) >= 11 is 3.21. The average molecular weight is 338 g/mol. The maximum atomic E-state index is 13.0. The number of halogens is 4. The van der Waals surface area contributed by atoms with Gasteiger partial charge in [0.15, 0.2) is 0 Å². The molecule has 1 N–H and O–H groups in total. The van der Waals surface area contributed by atoms with E-state index in [1.165, 1.54) is 12.1 Å². The minimum atomic E-state index is -4.37. The molecule has 106 valence electrons. The van der Waals surface area contributed by atoms with Crippen molar-refractivity contribution in [3.05, 3.63) is 28.2 Å². The third-order valence-corrected chi connectivity index (χ3v) is 3.94. The summed E-state index contributed by atoms with van der Waals surface area (Å²) in [6.07, 6.45) is -3.43. The van der Waals surface area contributed by atoms with Crippen molar-refractivity contribution in [3.63, 3.8) is 0 Å². The molecule has 0 saturated carbocycles. The zero-order valence-electron chi connectivity index (χ0n) is 10.5. The third kappa shape index (κ3) is 3.42. The molecular formula is C13H15BrF3NO. The molecule has 2 nitrogen and oxygen atoms in total. The lowest BCUT2D eigenvalue weighted by Gasteiger charge is -2.38. The Balaban J connectivity index is 2.32. The fraction of sp³-hybridized carbons (Fsp3) is 0.538. The summed E-state index contributed by atoms with van der Waals surface area (Å²) in [5.74, 6) is 0. The topological polar surface area (TPSA) is 23.5 Å². The number of piperidine rings is 1. The number of rotatable bonds is 1. The summed E-state index contributed by atoms with van der Waals surface area (Å²) < 4.78 is 39.6. The molecule has 2 rings (SSSR count). The van der Waals surface area contributed by atoms with Crippen molar-refractivity contribution < 1.29 is 18.3 Å². The Morgan fingerprint density at radius 3 is 2.37 bits per heavy atom. The number of alkyl halides is 3. The molecule has 1 saturated heterocycles. The van der Waals surface area contributed by atoms with E-state index in [0.717, 1.165) is 6.07 Å². The summed E-state index contributed by atoms with van der Waals surface area (Å²) in [4.78, 5) is 1.69. The van der Waals surface area contributed by atoms with Crippen LogP contribution in [0.4, 0.5) is 18.9 Å². The van der Waals surface area contributed by atoms with E-state index in [0.29, 0.717) is 30.4 Å². The normalized spacial score (nSPS) is 19.6. The summed E-state index contributed by atoms with van der Waals surface area (Å²) in [5, 5.41) is 9.86. The lowest BCUT2D eigenvalue weighted by atomic mass is 9.93. The van der Waals surface area contributed by atoms with E-state index in [4.69, 9.17) is 0 Å². The minimum absolute atomic E-state index is 0.178. The van der Waals surface area contributed by atoms with Gasteiger partial charge >= 0.3 is 6.18 Å². The van der Waals surface area contributed by atoms with Crippen molar-refractivity contribution in [2.45, 2.75) is 31.5 Å². The van der Waals surface area contributed by atoms with Crippen LogP contribution in [0.25, 0.3) is 0 Å². The van der Waals surface area contributed by atoms with Crippen LogP contribution in [0.2, 0.25) is 0 Å². The van der Waals surface area contributed by atoms with Gasteiger partial charge in [0.1, 0.15) is 0 Å². The Kier molecular flexibility index (Phi) is 3.84. The zero-order valence-corrected chi connectivity index (χ0v) is 12.1. The van der Waals surface area contributed by atoms with Gasteiger partial charge in [0.25, 0.3) is 0 Å². The SMILES string of the molecule is CC1(O)CCN(c2cc(Br)ccc2C(F)(F)F)CC1. The van der Waals surface area contributed by atoms with Crippen LogP contribution >= 0.6 is 15.9 Å². The van der Waals surface area contributed by atoms with Crippen LogP contribution in [0.5, 0.6) is 0 Å². The molecular weight excluding hydrogens is 323 g/mol. The molecule has 19 heavy (non-hydrogen) atoms. The van der Waals surface area contributed by atoms with Crippen LogP contribution in [-0.2, 0) is 6.18 Å². The number of hydrogen-bond acceptors (Lipinski definition) is 2. The van der Waals surface area contributed by atoms with Gasteiger partial charge in [0.2, 0.25) is 0 Å². The van der Waals surface area contributed by atoms with Crippen LogP contribution < -0.4 is 4.90 Å². The van der Waals surface area contributed by atoms with E-state index < -0.39 is 17.3 Å².